The summed E-state index contributed by atoms with van der Waals surface area (Å²) in [6.07, 6.45) is -0.711. The molecule has 0 bridgehead atoms. The quantitative estimate of drug-likeness (QED) is 0.761. The number of aromatic hydroxyl groups is 2. The van der Waals surface area contributed by atoms with Crippen molar-refractivity contribution < 1.29 is 29.3 Å². The topological polar surface area (TPSA) is 93.1 Å². The van der Waals surface area contributed by atoms with Crippen molar-refractivity contribution in [1.82, 2.24) is 0 Å². The number of hydrogen-bond acceptors (Lipinski definition) is 6. The minimum absolute atomic E-state index is 0.0257. The molecule has 1 atom stereocenters. The lowest BCUT2D eigenvalue weighted by atomic mass is 10.2. The van der Waals surface area contributed by atoms with E-state index >= 15 is 0 Å². The maximum atomic E-state index is 12.0. The Morgan fingerprint density at radius 2 is 1.44 bits per heavy atom. The Morgan fingerprint density at radius 1 is 0.960 bits per heavy atom. The Kier molecular flexibility index (Phi) is 6.12. The second kappa shape index (κ2) is 8.09. The van der Waals surface area contributed by atoms with Gasteiger partial charge >= 0.3 is 11.9 Å². The summed E-state index contributed by atoms with van der Waals surface area (Å²) in [5.74, 6) is -1.63. The molecule has 0 aromatic heterocycles. The minimum Gasteiger partial charge on any atom is -0.506 e. The number of hydrogen-bond donors (Lipinski definition) is 2. The van der Waals surface area contributed by atoms with Crippen LogP contribution in [0.3, 0.4) is 0 Å². The molecule has 0 spiro atoms. The lowest BCUT2D eigenvalue weighted by molar-refractivity contribution is 0.00447. The molecule has 2 aromatic carbocycles. The van der Waals surface area contributed by atoms with Crippen LogP contribution in [0.5, 0.6) is 11.5 Å². The van der Waals surface area contributed by atoms with Crippen LogP contribution in [0.25, 0.3) is 0 Å². The summed E-state index contributed by atoms with van der Waals surface area (Å²) in [5.41, 5.74) is 0.318. The van der Waals surface area contributed by atoms with Crippen molar-refractivity contribution in [3.8, 4) is 11.5 Å². The van der Waals surface area contributed by atoms with Crippen LogP contribution >= 0.6 is 23.2 Å². The van der Waals surface area contributed by atoms with E-state index in [2.05, 4.69) is 0 Å². The van der Waals surface area contributed by atoms with Crippen LogP contribution < -0.4 is 0 Å². The van der Waals surface area contributed by atoms with Crippen molar-refractivity contribution in [3.63, 3.8) is 0 Å². The van der Waals surface area contributed by atoms with Crippen LogP contribution in [0.2, 0.25) is 10.0 Å². The summed E-state index contributed by atoms with van der Waals surface area (Å²) in [6.45, 7) is 1.38. The van der Waals surface area contributed by atoms with Gasteiger partial charge in [0.05, 0.1) is 21.2 Å². The van der Waals surface area contributed by atoms with Gasteiger partial charge in [-0.2, -0.15) is 0 Å². The molecular weight excluding hydrogens is 371 g/mol. The molecule has 0 heterocycles. The van der Waals surface area contributed by atoms with Crippen LogP contribution in [-0.4, -0.2) is 34.9 Å². The van der Waals surface area contributed by atoms with E-state index in [1.807, 2.05) is 0 Å². The van der Waals surface area contributed by atoms with E-state index in [0.717, 1.165) is 0 Å². The van der Waals surface area contributed by atoms with Crippen LogP contribution in [0.15, 0.2) is 36.4 Å². The zero-order chi connectivity index (χ0) is 18.6. The van der Waals surface area contributed by atoms with Crippen LogP contribution in [0.1, 0.15) is 27.6 Å². The summed E-state index contributed by atoms with van der Waals surface area (Å²) >= 11 is 11.5. The van der Waals surface area contributed by atoms with Crippen molar-refractivity contribution in [3.05, 3.63) is 57.6 Å². The van der Waals surface area contributed by atoms with E-state index < -0.39 is 18.0 Å². The Morgan fingerprint density at radius 3 is 1.92 bits per heavy atom. The highest BCUT2D eigenvalue weighted by Gasteiger charge is 2.16. The summed E-state index contributed by atoms with van der Waals surface area (Å²) in [6, 6.07) is 7.82. The maximum absolute atomic E-state index is 12.0. The van der Waals surface area contributed by atoms with Gasteiger partial charge in [-0.3, -0.25) is 0 Å². The van der Waals surface area contributed by atoms with Crippen molar-refractivity contribution >= 4 is 35.1 Å². The van der Waals surface area contributed by atoms with Crippen LogP contribution in [0, 0.1) is 0 Å². The van der Waals surface area contributed by atoms with E-state index in [9.17, 15) is 19.8 Å². The molecule has 0 fully saturated rings. The number of esters is 2. The second-order valence-electron chi connectivity index (χ2n) is 5.15. The number of ether oxygens (including phenoxy) is 2. The number of carbonyl (C=O) groups excluding carboxylic acids is 2. The van der Waals surface area contributed by atoms with Crippen molar-refractivity contribution in [2.45, 2.75) is 13.0 Å². The molecule has 0 radical (unpaired) electrons. The fraction of sp³-hybridized carbons (Fsp3) is 0.176. The number of phenols is 2. The number of phenolic OH excluding ortho intramolecular Hbond substituents is 2. The van der Waals surface area contributed by atoms with Gasteiger partial charge in [0.2, 0.25) is 0 Å². The van der Waals surface area contributed by atoms with E-state index in [-0.39, 0.29) is 39.3 Å². The standard InChI is InChI=1S/C17H14Cl2O6/c1-9(25-17(23)11-3-5-15(21)13(19)7-11)8-24-16(22)10-2-4-14(20)12(18)6-10/h2-7,9,20-21H,8H2,1H3. The number of rotatable bonds is 5. The van der Waals surface area contributed by atoms with Gasteiger partial charge in [0, 0.05) is 0 Å². The molecule has 1 unspecified atom stereocenters. The first-order valence-corrected chi connectivity index (χ1v) is 7.88. The molecule has 2 N–H and O–H groups in total. The van der Waals surface area contributed by atoms with Crippen LogP contribution in [-0.2, 0) is 9.47 Å². The van der Waals surface area contributed by atoms with Gasteiger partial charge in [0.15, 0.2) is 0 Å². The smallest absolute Gasteiger partial charge is 0.338 e. The molecular formula is C17H14Cl2O6. The average Bonchev–Trinajstić information content (AvgIpc) is 2.57. The number of carbonyl (C=O) groups is 2. The van der Waals surface area contributed by atoms with Gasteiger partial charge in [-0.1, -0.05) is 23.2 Å². The monoisotopic (exact) mass is 384 g/mol. The van der Waals surface area contributed by atoms with Crippen molar-refractivity contribution in [2.75, 3.05) is 6.61 Å². The highest BCUT2D eigenvalue weighted by molar-refractivity contribution is 6.32. The van der Waals surface area contributed by atoms with Crippen molar-refractivity contribution in [2.24, 2.45) is 0 Å². The second-order valence-corrected chi connectivity index (χ2v) is 5.96. The zero-order valence-electron chi connectivity index (χ0n) is 13.0. The highest BCUT2D eigenvalue weighted by Crippen LogP contribution is 2.25. The third-order valence-corrected chi connectivity index (χ3v) is 3.73. The molecule has 0 aliphatic rings. The van der Waals surface area contributed by atoms with E-state index in [4.69, 9.17) is 32.7 Å². The predicted octanol–water partition coefficient (Wildman–Crippen LogP) is 3.81. The summed E-state index contributed by atoms with van der Waals surface area (Å²) in [4.78, 5) is 23.9. The molecule has 0 saturated carbocycles. The first-order valence-electron chi connectivity index (χ1n) is 7.13. The first-order chi connectivity index (χ1) is 11.8. The molecule has 0 amide bonds. The molecule has 132 valence electrons. The number of halogens is 2. The predicted molar refractivity (Wildman–Crippen MR) is 91.4 cm³/mol. The van der Waals surface area contributed by atoms with E-state index in [1.54, 1.807) is 6.92 Å². The minimum atomic E-state index is -0.711. The molecule has 8 heteroatoms. The van der Waals surface area contributed by atoms with Gasteiger partial charge in [0.1, 0.15) is 24.2 Å². The van der Waals surface area contributed by atoms with Gasteiger partial charge in [0.25, 0.3) is 0 Å². The number of benzene rings is 2. The summed E-state index contributed by atoms with van der Waals surface area (Å²) < 4.78 is 10.2. The fourth-order valence-electron chi connectivity index (χ4n) is 1.83. The van der Waals surface area contributed by atoms with Crippen LogP contribution in [0.4, 0.5) is 0 Å². The molecule has 25 heavy (non-hydrogen) atoms. The lowest BCUT2D eigenvalue weighted by Crippen LogP contribution is -2.22. The van der Waals surface area contributed by atoms with Gasteiger partial charge in [-0.25, -0.2) is 9.59 Å². The molecule has 0 saturated heterocycles. The molecule has 2 rings (SSSR count). The Hall–Kier alpha value is -2.44. The Bertz CT molecular complexity index is 806. The average molecular weight is 385 g/mol. The highest BCUT2D eigenvalue weighted by atomic mass is 35.5. The molecule has 0 aliphatic carbocycles. The fourth-order valence-corrected chi connectivity index (χ4v) is 2.19. The normalized spacial score (nSPS) is 11.6. The largest absolute Gasteiger partial charge is 0.506 e. The Labute approximate surface area is 153 Å². The van der Waals surface area contributed by atoms with Crippen molar-refractivity contribution in [1.29, 1.82) is 0 Å². The third-order valence-electron chi connectivity index (χ3n) is 3.12. The lowest BCUT2D eigenvalue weighted by Gasteiger charge is -2.14. The SMILES string of the molecule is CC(COC(=O)c1ccc(O)c(Cl)c1)OC(=O)c1ccc(O)c(Cl)c1. The van der Waals surface area contributed by atoms with Gasteiger partial charge < -0.3 is 19.7 Å². The molecule has 6 nitrogen and oxygen atoms in total. The molecule has 0 aliphatic heterocycles. The molecule has 2 aromatic rings. The third kappa shape index (κ3) is 5.01. The summed E-state index contributed by atoms with van der Waals surface area (Å²) in [5, 5.41) is 18.7. The van der Waals surface area contributed by atoms with E-state index in [1.165, 1.54) is 36.4 Å². The van der Waals surface area contributed by atoms with Gasteiger partial charge in [-0.05, 0) is 43.3 Å². The maximum Gasteiger partial charge on any atom is 0.338 e. The summed E-state index contributed by atoms with van der Waals surface area (Å²) in [7, 11) is 0. The van der Waals surface area contributed by atoms with Gasteiger partial charge in [-0.15, -0.1) is 0 Å². The Balaban J connectivity index is 1.90. The first kappa shape index (κ1) is 18.9. The zero-order valence-corrected chi connectivity index (χ0v) is 14.5. The van der Waals surface area contributed by atoms with E-state index in [0.29, 0.717) is 0 Å².